The maximum atomic E-state index is 13.7. The van der Waals surface area contributed by atoms with Gasteiger partial charge in [0.1, 0.15) is 5.76 Å². The van der Waals surface area contributed by atoms with E-state index in [0.717, 1.165) is 11.3 Å². The highest BCUT2D eigenvalue weighted by Crippen LogP contribution is 2.49. The predicted octanol–water partition coefficient (Wildman–Crippen LogP) is 2.00. The molecule has 0 aliphatic carbocycles. The number of amides is 2. The third-order valence-electron chi connectivity index (χ3n) is 6.52. The largest absolute Gasteiger partial charge is 0.469 e. The van der Waals surface area contributed by atoms with Gasteiger partial charge in [-0.25, -0.2) is 4.98 Å². The normalized spacial score (nSPS) is 23.3. The fraction of sp³-hybridized carbons (Fsp3) is 0.391. The number of hydrogen-bond acceptors (Lipinski definition) is 5. The second-order valence-corrected chi connectivity index (χ2v) is 8.54. The van der Waals surface area contributed by atoms with Crippen LogP contribution in [-0.4, -0.2) is 55.8 Å². The van der Waals surface area contributed by atoms with Gasteiger partial charge in [0.25, 0.3) is 0 Å². The van der Waals surface area contributed by atoms with Crippen LogP contribution in [0, 0.1) is 5.41 Å². The van der Waals surface area contributed by atoms with E-state index >= 15 is 0 Å². The molecule has 5 rings (SSSR count). The summed E-state index contributed by atoms with van der Waals surface area (Å²) in [4.78, 5) is 39.2. The predicted molar refractivity (Wildman–Crippen MR) is 112 cm³/mol. The van der Waals surface area contributed by atoms with Crippen molar-refractivity contribution in [1.82, 2.24) is 24.3 Å². The lowest BCUT2D eigenvalue weighted by atomic mass is 9.75. The Labute approximate surface area is 180 Å². The number of aryl methyl sites for hydroxylation is 1. The molecule has 0 radical (unpaired) electrons. The highest BCUT2D eigenvalue weighted by molar-refractivity contribution is 5.88. The van der Waals surface area contributed by atoms with Crippen molar-refractivity contribution in [3.63, 3.8) is 0 Å². The summed E-state index contributed by atoms with van der Waals surface area (Å²) in [5.41, 5.74) is 1.23. The lowest BCUT2D eigenvalue weighted by Gasteiger charge is -2.27. The molecule has 0 aromatic carbocycles. The first-order valence-corrected chi connectivity index (χ1v) is 10.5. The maximum Gasteiger partial charge on any atom is 0.231 e. The first-order valence-electron chi connectivity index (χ1n) is 10.5. The molecule has 0 bridgehead atoms. The maximum absolute atomic E-state index is 13.7. The Kier molecular flexibility index (Phi) is 4.84. The van der Waals surface area contributed by atoms with Gasteiger partial charge in [-0.3, -0.25) is 14.6 Å². The summed E-state index contributed by atoms with van der Waals surface area (Å²) in [5.74, 6) is 0.587. The van der Waals surface area contributed by atoms with Crippen molar-refractivity contribution in [3.05, 3.63) is 72.5 Å². The van der Waals surface area contributed by atoms with Crippen molar-refractivity contribution in [3.8, 4) is 0 Å². The number of pyridine rings is 1. The molecule has 0 unspecified atom stereocenters. The molecular formula is C23H25N5O3. The van der Waals surface area contributed by atoms with Crippen LogP contribution in [0.1, 0.15) is 29.4 Å². The van der Waals surface area contributed by atoms with Gasteiger partial charge in [-0.1, -0.05) is 6.07 Å². The molecule has 8 nitrogen and oxygen atoms in total. The van der Waals surface area contributed by atoms with Gasteiger partial charge < -0.3 is 18.8 Å². The molecular weight excluding hydrogens is 394 g/mol. The van der Waals surface area contributed by atoms with Crippen LogP contribution in [-0.2, 0) is 29.6 Å². The molecule has 5 heterocycles. The summed E-state index contributed by atoms with van der Waals surface area (Å²) in [7, 11) is 1.92. The van der Waals surface area contributed by atoms with Crippen LogP contribution in [0.5, 0.6) is 0 Å². The molecule has 2 atom stereocenters. The van der Waals surface area contributed by atoms with Gasteiger partial charge in [0.2, 0.25) is 11.8 Å². The third-order valence-corrected chi connectivity index (χ3v) is 6.52. The number of imidazole rings is 1. The van der Waals surface area contributed by atoms with Crippen molar-refractivity contribution < 1.29 is 14.0 Å². The fourth-order valence-electron chi connectivity index (χ4n) is 4.95. The van der Waals surface area contributed by atoms with Crippen LogP contribution < -0.4 is 0 Å². The topological polar surface area (TPSA) is 84.5 Å². The van der Waals surface area contributed by atoms with Gasteiger partial charge in [-0.05, 0) is 30.2 Å². The zero-order valence-electron chi connectivity index (χ0n) is 17.5. The summed E-state index contributed by atoms with van der Waals surface area (Å²) in [5, 5.41) is 0. The summed E-state index contributed by atoms with van der Waals surface area (Å²) < 4.78 is 7.25. The molecule has 1 spiro atoms. The number of furan rings is 1. The van der Waals surface area contributed by atoms with Gasteiger partial charge in [-0.2, -0.15) is 0 Å². The first-order chi connectivity index (χ1) is 15.0. The van der Waals surface area contributed by atoms with E-state index in [0.29, 0.717) is 38.4 Å². The molecule has 2 amide bonds. The summed E-state index contributed by atoms with van der Waals surface area (Å²) in [6.45, 7) is 2.10. The minimum Gasteiger partial charge on any atom is -0.469 e. The molecule has 0 saturated carbocycles. The molecule has 2 aliphatic heterocycles. The molecule has 2 saturated heterocycles. The quantitative estimate of drug-likeness (QED) is 0.632. The van der Waals surface area contributed by atoms with Crippen LogP contribution in [0.4, 0.5) is 0 Å². The van der Waals surface area contributed by atoms with Crippen LogP contribution in [0.3, 0.4) is 0 Å². The second kappa shape index (κ2) is 7.68. The fourth-order valence-corrected chi connectivity index (χ4v) is 4.95. The molecule has 3 aromatic rings. The van der Waals surface area contributed by atoms with E-state index in [2.05, 4.69) is 9.97 Å². The van der Waals surface area contributed by atoms with Gasteiger partial charge >= 0.3 is 0 Å². The van der Waals surface area contributed by atoms with E-state index in [-0.39, 0.29) is 24.2 Å². The molecule has 2 aliphatic rings. The molecule has 2 fully saturated rings. The Hall–Kier alpha value is -3.42. The second-order valence-electron chi connectivity index (χ2n) is 8.54. The Morgan fingerprint density at radius 2 is 2.23 bits per heavy atom. The van der Waals surface area contributed by atoms with Crippen LogP contribution in [0.2, 0.25) is 0 Å². The number of hydrogen-bond donors (Lipinski definition) is 0. The smallest absolute Gasteiger partial charge is 0.231 e. The summed E-state index contributed by atoms with van der Waals surface area (Å²) in [6, 6.07) is 7.44. The lowest BCUT2D eigenvalue weighted by Crippen LogP contribution is -2.40. The van der Waals surface area contributed by atoms with Crippen molar-refractivity contribution in [2.75, 3.05) is 19.6 Å². The van der Waals surface area contributed by atoms with E-state index in [1.54, 1.807) is 37.1 Å². The van der Waals surface area contributed by atoms with Crippen LogP contribution >= 0.6 is 0 Å². The number of nitrogens with zero attached hydrogens (tertiary/aromatic N) is 5. The number of aromatic nitrogens is 3. The highest BCUT2D eigenvalue weighted by Gasteiger charge is 2.58. The average Bonchev–Trinajstić information content (AvgIpc) is 3.55. The minimum atomic E-state index is -0.643. The Bertz CT molecular complexity index is 1080. The van der Waals surface area contributed by atoms with Gasteiger partial charge in [-0.15, -0.1) is 0 Å². The van der Waals surface area contributed by atoms with E-state index in [9.17, 15) is 9.59 Å². The Morgan fingerprint density at radius 3 is 2.94 bits per heavy atom. The number of carbonyl (C=O) groups is 2. The van der Waals surface area contributed by atoms with E-state index < -0.39 is 5.41 Å². The molecule has 31 heavy (non-hydrogen) atoms. The Morgan fingerprint density at radius 1 is 1.32 bits per heavy atom. The molecule has 0 N–H and O–H groups in total. The standard InChI is InChI=1S/C23H25N5O3/c1-26-14-20(25-16-26)19-13-28(21(29)10-18-5-3-9-31-18)15-23(19)6-8-27(22(23)30)12-17-4-2-7-24-11-17/h2-5,7,9,11,14,16,19H,6,8,10,12-13,15H2,1H3/t19-,23+/m1/s1. The summed E-state index contributed by atoms with van der Waals surface area (Å²) in [6.07, 6.45) is 9.72. The zero-order chi connectivity index (χ0) is 21.4. The van der Waals surface area contributed by atoms with E-state index in [4.69, 9.17) is 4.42 Å². The Balaban J connectivity index is 1.41. The van der Waals surface area contributed by atoms with E-state index in [1.807, 2.05) is 39.7 Å². The molecule has 3 aromatic heterocycles. The monoisotopic (exact) mass is 419 g/mol. The minimum absolute atomic E-state index is 0.0220. The van der Waals surface area contributed by atoms with Gasteiger partial charge in [0.15, 0.2) is 0 Å². The van der Waals surface area contributed by atoms with Crippen molar-refractivity contribution in [2.24, 2.45) is 12.5 Å². The number of likely N-dealkylation sites (tertiary alicyclic amines) is 2. The SMILES string of the molecule is Cn1cnc([C@H]2CN(C(=O)Cc3ccco3)C[C@@]23CCN(Cc2cccnc2)C3=O)c1. The number of rotatable bonds is 5. The average molecular weight is 419 g/mol. The van der Waals surface area contributed by atoms with Crippen LogP contribution in [0.15, 0.2) is 59.9 Å². The number of carbonyl (C=O) groups excluding carboxylic acids is 2. The molecule has 160 valence electrons. The van der Waals surface area contributed by atoms with Gasteiger partial charge in [0, 0.05) is 57.7 Å². The van der Waals surface area contributed by atoms with Crippen molar-refractivity contribution >= 4 is 11.8 Å². The van der Waals surface area contributed by atoms with Crippen molar-refractivity contribution in [1.29, 1.82) is 0 Å². The van der Waals surface area contributed by atoms with Gasteiger partial charge in [0.05, 0.1) is 30.1 Å². The first kappa shape index (κ1) is 19.5. The van der Waals surface area contributed by atoms with E-state index in [1.165, 1.54) is 0 Å². The lowest BCUT2D eigenvalue weighted by molar-refractivity contribution is -0.137. The third kappa shape index (κ3) is 3.52. The highest BCUT2D eigenvalue weighted by atomic mass is 16.3. The van der Waals surface area contributed by atoms with Crippen molar-refractivity contribution in [2.45, 2.75) is 25.3 Å². The zero-order valence-corrected chi connectivity index (χ0v) is 17.5. The van der Waals surface area contributed by atoms with Crippen LogP contribution in [0.25, 0.3) is 0 Å². The molecule has 8 heteroatoms. The summed E-state index contributed by atoms with van der Waals surface area (Å²) >= 11 is 0.